The molecule has 5 heteroatoms. The number of nitriles is 1. The molecule has 4 nitrogen and oxygen atoms in total. The Morgan fingerprint density at radius 1 is 1.45 bits per heavy atom. The number of carbonyl (C=O) groups excluding carboxylic acids is 1. The molecule has 20 heavy (non-hydrogen) atoms. The highest BCUT2D eigenvalue weighted by molar-refractivity contribution is 9.10. The highest BCUT2D eigenvalue weighted by Crippen LogP contribution is 2.15. The van der Waals surface area contributed by atoms with Gasteiger partial charge >= 0.3 is 0 Å². The summed E-state index contributed by atoms with van der Waals surface area (Å²) in [5.41, 5.74) is 2.12. The van der Waals surface area contributed by atoms with Gasteiger partial charge in [0.1, 0.15) is 5.69 Å². The molecule has 0 atom stereocenters. The second-order valence-corrected chi connectivity index (χ2v) is 5.24. The zero-order valence-corrected chi connectivity index (χ0v) is 12.6. The first-order valence-corrected chi connectivity index (χ1v) is 7.06. The fourth-order valence-electron chi connectivity index (χ4n) is 1.95. The number of aromatic nitrogens is 1. The molecule has 1 N–H and O–H groups in total. The molecule has 0 spiro atoms. The topological polar surface area (TPSA) is 57.8 Å². The quantitative estimate of drug-likeness (QED) is 0.935. The zero-order valence-electron chi connectivity index (χ0n) is 11.1. The summed E-state index contributed by atoms with van der Waals surface area (Å²) in [6, 6.07) is 11.1. The van der Waals surface area contributed by atoms with Crippen LogP contribution in [0.2, 0.25) is 0 Å². The summed E-state index contributed by atoms with van der Waals surface area (Å²) < 4.78 is 2.77. The molecule has 2 rings (SSSR count). The van der Waals surface area contributed by atoms with Gasteiger partial charge in [-0.15, -0.1) is 0 Å². The number of hydrogen-bond donors (Lipinski definition) is 1. The number of amides is 1. The summed E-state index contributed by atoms with van der Waals surface area (Å²) in [4.78, 5) is 12.1. The molecule has 1 amide bonds. The SMILES string of the molecule is CCn1cc(Br)cc1C(=O)NCc1cccc(C#N)c1. The number of rotatable bonds is 4. The van der Waals surface area contributed by atoms with Gasteiger partial charge in [0.25, 0.3) is 5.91 Å². The molecule has 1 heterocycles. The molecule has 102 valence electrons. The first kappa shape index (κ1) is 14.4. The smallest absolute Gasteiger partial charge is 0.268 e. The third-order valence-corrected chi connectivity index (χ3v) is 3.38. The van der Waals surface area contributed by atoms with Crippen LogP contribution >= 0.6 is 15.9 Å². The van der Waals surface area contributed by atoms with Crippen molar-refractivity contribution in [3.05, 3.63) is 57.8 Å². The number of hydrogen-bond acceptors (Lipinski definition) is 2. The van der Waals surface area contributed by atoms with E-state index in [1.54, 1.807) is 18.2 Å². The highest BCUT2D eigenvalue weighted by atomic mass is 79.9. The van der Waals surface area contributed by atoms with Crippen LogP contribution in [0.15, 0.2) is 41.0 Å². The lowest BCUT2D eigenvalue weighted by Gasteiger charge is -2.08. The van der Waals surface area contributed by atoms with Gasteiger partial charge in [-0.05, 0) is 46.6 Å². The van der Waals surface area contributed by atoms with Crippen LogP contribution < -0.4 is 5.32 Å². The monoisotopic (exact) mass is 331 g/mol. The lowest BCUT2D eigenvalue weighted by Crippen LogP contribution is -2.25. The van der Waals surface area contributed by atoms with Gasteiger partial charge in [0.2, 0.25) is 0 Å². The number of benzene rings is 1. The van der Waals surface area contributed by atoms with Crippen molar-refractivity contribution in [1.82, 2.24) is 9.88 Å². The molecule has 0 aliphatic heterocycles. The Balaban J connectivity index is 2.06. The molecule has 0 aliphatic rings. The summed E-state index contributed by atoms with van der Waals surface area (Å²) in [6.45, 7) is 3.12. The van der Waals surface area contributed by atoms with Gasteiger partial charge in [0.05, 0.1) is 11.6 Å². The molecular formula is C15H14BrN3O. The third kappa shape index (κ3) is 3.28. The van der Waals surface area contributed by atoms with Gasteiger partial charge in [-0.2, -0.15) is 5.26 Å². The standard InChI is InChI=1S/C15H14BrN3O/c1-2-19-10-13(16)7-14(19)15(20)18-9-12-5-3-4-11(6-12)8-17/h3-7,10H,2,9H2,1H3,(H,18,20). The molecule has 0 aliphatic carbocycles. The molecular weight excluding hydrogens is 318 g/mol. The van der Waals surface area contributed by atoms with E-state index in [2.05, 4.69) is 27.3 Å². The van der Waals surface area contributed by atoms with Crippen molar-refractivity contribution in [3.8, 4) is 6.07 Å². The fourth-order valence-corrected chi connectivity index (χ4v) is 2.41. The van der Waals surface area contributed by atoms with Crippen molar-refractivity contribution >= 4 is 21.8 Å². The minimum Gasteiger partial charge on any atom is -0.347 e. The predicted octanol–water partition coefficient (Wildman–Crippen LogP) is 3.07. The van der Waals surface area contributed by atoms with Crippen molar-refractivity contribution < 1.29 is 4.79 Å². The van der Waals surface area contributed by atoms with Crippen LogP contribution in [-0.2, 0) is 13.1 Å². The van der Waals surface area contributed by atoms with Gasteiger partial charge in [0.15, 0.2) is 0 Å². The van der Waals surface area contributed by atoms with E-state index in [1.165, 1.54) is 0 Å². The van der Waals surface area contributed by atoms with Crippen LogP contribution in [0.5, 0.6) is 0 Å². The maximum atomic E-state index is 12.1. The molecule has 0 saturated heterocycles. The van der Waals surface area contributed by atoms with Gasteiger partial charge < -0.3 is 9.88 Å². The molecule has 0 bridgehead atoms. The maximum Gasteiger partial charge on any atom is 0.268 e. The maximum absolute atomic E-state index is 12.1. The van der Waals surface area contributed by atoms with Gasteiger partial charge in [0, 0.05) is 23.8 Å². The number of nitrogens with zero attached hydrogens (tertiary/aromatic N) is 2. The molecule has 1 aromatic carbocycles. The molecule has 0 unspecified atom stereocenters. The van der Waals surface area contributed by atoms with E-state index in [0.29, 0.717) is 17.8 Å². The van der Waals surface area contributed by atoms with Crippen LogP contribution in [0, 0.1) is 11.3 Å². The number of halogens is 1. The Bertz CT molecular complexity index is 670. The van der Waals surface area contributed by atoms with Crippen molar-refractivity contribution in [1.29, 1.82) is 5.26 Å². The Morgan fingerprint density at radius 2 is 2.25 bits per heavy atom. The van der Waals surface area contributed by atoms with E-state index in [1.807, 2.05) is 29.8 Å². The largest absolute Gasteiger partial charge is 0.347 e. The minimum atomic E-state index is -0.125. The number of aryl methyl sites for hydroxylation is 1. The molecule has 0 fully saturated rings. The second kappa shape index (κ2) is 6.40. The van der Waals surface area contributed by atoms with E-state index in [-0.39, 0.29) is 5.91 Å². The van der Waals surface area contributed by atoms with Crippen LogP contribution in [-0.4, -0.2) is 10.5 Å². The molecule has 1 aromatic heterocycles. The van der Waals surface area contributed by atoms with E-state index >= 15 is 0 Å². The van der Waals surface area contributed by atoms with Gasteiger partial charge in [-0.1, -0.05) is 12.1 Å². The van der Waals surface area contributed by atoms with Crippen LogP contribution in [0.4, 0.5) is 0 Å². The molecule has 2 aromatic rings. The third-order valence-electron chi connectivity index (χ3n) is 2.95. The van der Waals surface area contributed by atoms with E-state index in [4.69, 9.17) is 5.26 Å². The average Bonchev–Trinajstić information content (AvgIpc) is 2.86. The van der Waals surface area contributed by atoms with Crippen LogP contribution in [0.25, 0.3) is 0 Å². The first-order valence-electron chi connectivity index (χ1n) is 6.27. The second-order valence-electron chi connectivity index (χ2n) is 4.32. The van der Waals surface area contributed by atoms with Gasteiger partial charge in [-0.3, -0.25) is 4.79 Å². The van der Waals surface area contributed by atoms with Crippen molar-refractivity contribution in [3.63, 3.8) is 0 Å². The number of nitrogens with one attached hydrogen (secondary N) is 1. The fraction of sp³-hybridized carbons (Fsp3) is 0.200. The van der Waals surface area contributed by atoms with E-state index < -0.39 is 0 Å². The van der Waals surface area contributed by atoms with Crippen molar-refractivity contribution in [2.24, 2.45) is 0 Å². The highest BCUT2D eigenvalue weighted by Gasteiger charge is 2.11. The summed E-state index contributed by atoms with van der Waals surface area (Å²) in [5, 5.41) is 11.7. The summed E-state index contributed by atoms with van der Waals surface area (Å²) in [7, 11) is 0. The van der Waals surface area contributed by atoms with Crippen LogP contribution in [0.3, 0.4) is 0 Å². The molecule has 0 radical (unpaired) electrons. The van der Waals surface area contributed by atoms with E-state index in [0.717, 1.165) is 16.6 Å². The Kier molecular flexibility index (Phi) is 4.59. The average molecular weight is 332 g/mol. The lowest BCUT2D eigenvalue weighted by molar-refractivity contribution is 0.0941. The van der Waals surface area contributed by atoms with E-state index in [9.17, 15) is 4.79 Å². The van der Waals surface area contributed by atoms with Crippen molar-refractivity contribution in [2.45, 2.75) is 20.0 Å². The number of carbonyl (C=O) groups is 1. The zero-order chi connectivity index (χ0) is 14.5. The Hall–Kier alpha value is -2.06. The summed E-state index contributed by atoms with van der Waals surface area (Å²) >= 11 is 3.37. The summed E-state index contributed by atoms with van der Waals surface area (Å²) in [6.07, 6.45) is 1.88. The Morgan fingerprint density at radius 3 is 2.95 bits per heavy atom. The Labute approximate surface area is 126 Å². The van der Waals surface area contributed by atoms with Crippen LogP contribution in [0.1, 0.15) is 28.5 Å². The predicted molar refractivity (Wildman–Crippen MR) is 80.1 cm³/mol. The first-order chi connectivity index (χ1) is 9.63. The minimum absolute atomic E-state index is 0.125. The lowest BCUT2D eigenvalue weighted by atomic mass is 10.1. The normalized spacial score (nSPS) is 10.1. The van der Waals surface area contributed by atoms with Crippen molar-refractivity contribution in [2.75, 3.05) is 0 Å². The summed E-state index contributed by atoms with van der Waals surface area (Å²) in [5.74, 6) is -0.125. The van der Waals surface area contributed by atoms with Gasteiger partial charge in [-0.25, -0.2) is 0 Å². The molecule has 0 saturated carbocycles.